The van der Waals surface area contributed by atoms with Crippen LogP contribution in [0.2, 0.25) is 0 Å². The van der Waals surface area contributed by atoms with Crippen molar-refractivity contribution in [2.75, 3.05) is 42.6 Å². The Bertz CT molecular complexity index is 1310. The lowest BCUT2D eigenvalue weighted by Gasteiger charge is -2.20. The minimum atomic E-state index is -0.326. The van der Waals surface area contributed by atoms with Crippen molar-refractivity contribution >= 4 is 39.4 Å². The zero-order chi connectivity index (χ0) is 21.8. The third kappa shape index (κ3) is 3.04. The van der Waals surface area contributed by atoms with Gasteiger partial charge in [-0.3, -0.25) is 0 Å². The molecule has 0 bridgehead atoms. The standard InChI is InChI=1S/C21H22FN9O/c1-24-14-5-11(22)4-13-16-18(28-17(13)14)29-21(32-12-6-26-20(23)27-7-12)30-19(16)31-8-10-2-3-25-15(10)9-31/h4-7,10,15,24-25H,2-3,8-9H2,1H3,(H2,23,26,27)(H,28,29,30)/t10-,15+/m1/s1. The molecule has 6 rings (SSSR count). The van der Waals surface area contributed by atoms with E-state index in [1.54, 1.807) is 7.05 Å². The van der Waals surface area contributed by atoms with E-state index in [-0.39, 0.29) is 17.8 Å². The van der Waals surface area contributed by atoms with E-state index in [1.807, 2.05) is 0 Å². The van der Waals surface area contributed by atoms with Gasteiger partial charge < -0.3 is 31.0 Å². The van der Waals surface area contributed by atoms with Crippen LogP contribution in [0.25, 0.3) is 21.9 Å². The van der Waals surface area contributed by atoms with Crippen molar-refractivity contribution in [1.82, 2.24) is 30.2 Å². The molecule has 0 amide bonds. The maximum absolute atomic E-state index is 14.4. The summed E-state index contributed by atoms with van der Waals surface area (Å²) in [6.07, 6.45) is 4.08. The molecule has 11 heteroatoms. The van der Waals surface area contributed by atoms with Crippen LogP contribution in [0, 0.1) is 11.7 Å². The summed E-state index contributed by atoms with van der Waals surface area (Å²) < 4.78 is 20.3. The molecule has 0 saturated carbocycles. The second kappa shape index (κ2) is 7.16. The van der Waals surface area contributed by atoms with E-state index in [1.165, 1.54) is 24.5 Å². The predicted octanol–water partition coefficient (Wildman–Crippen LogP) is 2.25. The molecule has 0 aliphatic carbocycles. The van der Waals surface area contributed by atoms with Gasteiger partial charge in [0.05, 0.1) is 29.0 Å². The highest BCUT2D eigenvalue weighted by molar-refractivity contribution is 6.14. The fraction of sp³-hybridized carbons (Fsp3) is 0.333. The Kier molecular flexibility index (Phi) is 4.25. The van der Waals surface area contributed by atoms with Crippen molar-refractivity contribution in [3.05, 3.63) is 30.3 Å². The van der Waals surface area contributed by atoms with Crippen molar-refractivity contribution in [3.63, 3.8) is 0 Å². The molecule has 2 aliphatic rings. The number of benzene rings is 1. The first-order valence-corrected chi connectivity index (χ1v) is 10.5. The van der Waals surface area contributed by atoms with Gasteiger partial charge in [-0.05, 0) is 31.0 Å². The van der Waals surface area contributed by atoms with E-state index < -0.39 is 0 Å². The Balaban J connectivity index is 1.53. The number of nitrogens with zero attached hydrogens (tertiary/aromatic N) is 5. The first-order valence-electron chi connectivity index (χ1n) is 10.5. The molecular weight excluding hydrogens is 413 g/mol. The van der Waals surface area contributed by atoms with Crippen LogP contribution in [0.15, 0.2) is 24.5 Å². The minimum Gasteiger partial charge on any atom is -0.421 e. The number of halogens is 1. The fourth-order valence-corrected chi connectivity index (χ4v) is 4.80. The second-order valence-corrected chi connectivity index (χ2v) is 8.20. The van der Waals surface area contributed by atoms with E-state index in [0.717, 1.165) is 48.2 Å². The molecule has 2 aliphatic heterocycles. The van der Waals surface area contributed by atoms with Crippen LogP contribution < -0.4 is 26.0 Å². The van der Waals surface area contributed by atoms with Crippen LogP contribution in [0.4, 0.5) is 21.8 Å². The van der Waals surface area contributed by atoms with Crippen LogP contribution in [0.3, 0.4) is 0 Å². The Labute approximate surface area is 182 Å². The molecule has 32 heavy (non-hydrogen) atoms. The topological polar surface area (TPSA) is 130 Å². The molecule has 0 unspecified atom stereocenters. The number of rotatable bonds is 4. The number of aromatic amines is 1. The van der Waals surface area contributed by atoms with Crippen molar-refractivity contribution in [3.8, 4) is 11.8 Å². The minimum absolute atomic E-state index is 0.155. The summed E-state index contributed by atoms with van der Waals surface area (Å²) in [5.74, 6) is 1.49. The average molecular weight is 435 g/mol. The number of aromatic nitrogens is 5. The maximum Gasteiger partial charge on any atom is 0.326 e. The molecule has 0 radical (unpaired) electrons. The number of ether oxygens (including phenoxy) is 1. The Morgan fingerprint density at radius 1 is 1.22 bits per heavy atom. The van der Waals surface area contributed by atoms with Gasteiger partial charge in [0.15, 0.2) is 5.75 Å². The third-order valence-corrected chi connectivity index (χ3v) is 6.27. The summed E-state index contributed by atoms with van der Waals surface area (Å²) in [4.78, 5) is 22.8. The van der Waals surface area contributed by atoms with Gasteiger partial charge in [0.25, 0.3) is 0 Å². The number of nitrogens with two attached hydrogens (primary N) is 1. The van der Waals surface area contributed by atoms with Gasteiger partial charge in [-0.15, -0.1) is 0 Å². The molecule has 5 N–H and O–H groups in total. The summed E-state index contributed by atoms with van der Waals surface area (Å²) >= 11 is 0. The van der Waals surface area contributed by atoms with E-state index in [4.69, 9.17) is 15.5 Å². The highest BCUT2D eigenvalue weighted by Gasteiger charge is 2.37. The summed E-state index contributed by atoms with van der Waals surface area (Å²) in [5, 5.41) is 8.12. The van der Waals surface area contributed by atoms with Gasteiger partial charge in [-0.1, -0.05) is 0 Å². The summed E-state index contributed by atoms with van der Waals surface area (Å²) in [6, 6.07) is 3.55. The molecule has 3 aromatic heterocycles. The van der Waals surface area contributed by atoms with Crippen molar-refractivity contribution in [1.29, 1.82) is 0 Å². The molecular formula is C21H22FN9O. The van der Waals surface area contributed by atoms with Crippen LogP contribution in [-0.2, 0) is 0 Å². The van der Waals surface area contributed by atoms with Gasteiger partial charge >= 0.3 is 6.01 Å². The smallest absolute Gasteiger partial charge is 0.326 e. The lowest BCUT2D eigenvalue weighted by molar-refractivity contribution is 0.440. The van der Waals surface area contributed by atoms with Crippen molar-refractivity contribution < 1.29 is 9.13 Å². The molecule has 2 fully saturated rings. The lowest BCUT2D eigenvalue weighted by atomic mass is 10.1. The molecule has 0 spiro atoms. The van der Waals surface area contributed by atoms with Crippen molar-refractivity contribution in [2.45, 2.75) is 12.5 Å². The van der Waals surface area contributed by atoms with E-state index >= 15 is 0 Å². The quantitative estimate of drug-likeness (QED) is 0.381. The van der Waals surface area contributed by atoms with E-state index in [2.05, 4.69) is 35.5 Å². The van der Waals surface area contributed by atoms with Gasteiger partial charge in [0.1, 0.15) is 17.3 Å². The number of fused-ring (bicyclic) bond motifs is 4. The van der Waals surface area contributed by atoms with Crippen LogP contribution in [-0.4, -0.2) is 57.6 Å². The van der Waals surface area contributed by atoms with Crippen LogP contribution in [0.1, 0.15) is 6.42 Å². The number of hydrogen-bond donors (Lipinski definition) is 4. The molecule has 1 aromatic carbocycles. The molecule has 5 heterocycles. The molecule has 10 nitrogen and oxygen atoms in total. The molecule has 2 atom stereocenters. The summed E-state index contributed by atoms with van der Waals surface area (Å²) in [7, 11) is 1.76. The average Bonchev–Trinajstić information content (AvgIpc) is 3.47. The largest absolute Gasteiger partial charge is 0.421 e. The van der Waals surface area contributed by atoms with Crippen LogP contribution in [0.5, 0.6) is 11.8 Å². The molecule has 2 saturated heterocycles. The number of anilines is 3. The first kappa shape index (κ1) is 19.0. The van der Waals surface area contributed by atoms with Gasteiger partial charge in [-0.25, -0.2) is 14.4 Å². The van der Waals surface area contributed by atoms with E-state index in [0.29, 0.717) is 29.0 Å². The van der Waals surface area contributed by atoms with Gasteiger partial charge in [0, 0.05) is 31.6 Å². The highest BCUT2D eigenvalue weighted by atomic mass is 19.1. The predicted molar refractivity (Wildman–Crippen MR) is 120 cm³/mol. The zero-order valence-corrected chi connectivity index (χ0v) is 17.4. The summed E-state index contributed by atoms with van der Waals surface area (Å²) in [5.41, 5.74) is 7.56. The lowest BCUT2D eigenvalue weighted by Crippen LogP contribution is -2.30. The molecule has 164 valence electrons. The maximum atomic E-state index is 14.4. The first-order chi connectivity index (χ1) is 15.6. The van der Waals surface area contributed by atoms with Gasteiger partial charge in [0.2, 0.25) is 5.95 Å². The number of H-pyrrole nitrogens is 1. The van der Waals surface area contributed by atoms with Gasteiger partial charge in [-0.2, -0.15) is 9.97 Å². The number of hydrogen-bond acceptors (Lipinski definition) is 9. The number of nitrogen functional groups attached to an aromatic ring is 1. The summed E-state index contributed by atoms with van der Waals surface area (Å²) in [6.45, 7) is 2.73. The van der Waals surface area contributed by atoms with Crippen LogP contribution >= 0.6 is 0 Å². The SMILES string of the molecule is CNc1cc(F)cc2c1[nH]c1nc(Oc3cnc(N)nc3)nc(N3C[C@H]4CCN[C@H]4C3)c12. The zero-order valence-electron chi connectivity index (χ0n) is 17.4. The second-order valence-electron chi connectivity index (χ2n) is 8.20. The monoisotopic (exact) mass is 435 g/mol. The van der Waals surface area contributed by atoms with Crippen molar-refractivity contribution in [2.24, 2.45) is 5.92 Å². The highest BCUT2D eigenvalue weighted by Crippen LogP contribution is 2.39. The van der Waals surface area contributed by atoms with E-state index in [9.17, 15) is 4.39 Å². The Morgan fingerprint density at radius 2 is 2.06 bits per heavy atom. The Morgan fingerprint density at radius 3 is 2.84 bits per heavy atom. The normalized spacial score (nSPS) is 20.2. The molecule has 4 aromatic rings. The fourth-order valence-electron chi connectivity index (χ4n) is 4.80. The Hall–Kier alpha value is -3.73. The number of nitrogens with one attached hydrogen (secondary N) is 3. The third-order valence-electron chi connectivity index (χ3n) is 6.27.